The second-order valence-electron chi connectivity index (χ2n) is 7.95. The molecule has 0 spiro atoms. The van der Waals surface area contributed by atoms with E-state index in [0.717, 1.165) is 22.4 Å². The van der Waals surface area contributed by atoms with Crippen LogP contribution in [0, 0.1) is 0 Å². The minimum atomic E-state index is -0.235. The lowest BCUT2D eigenvalue weighted by Crippen LogP contribution is -2.20. The topological polar surface area (TPSA) is 71.8 Å². The van der Waals surface area contributed by atoms with Gasteiger partial charge in [-0.15, -0.1) is 5.10 Å². The summed E-state index contributed by atoms with van der Waals surface area (Å²) in [6.07, 6.45) is 3.06. The molecule has 8 heteroatoms. The largest absolute Gasteiger partial charge is 0.324 e. The number of hydrogen-bond donors (Lipinski definition) is 2. The van der Waals surface area contributed by atoms with Gasteiger partial charge in [0.2, 0.25) is 11.9 Å². The smallest absolute Gasteiger partial charge is 0.250 e. The molecule has 0 fully saturated rings. The van der Waals surface area contributed by atoms with Crippen LogP contribution in [0.4, 0.5) is 11.9 Å². The van der Waals surface area contributed by atoms with Crippen molar-refractivity contribution in [3.05, 3.63) is 112 Å². The van der Waals surface area contributed by atoms with Gasteiger partial charge in [0, 0.05) is 22.2 Å². The highest BCUT2D eigenvalue weighted by atomic mass is 35.5. The Labute approximate surface area is 207 Å². The predicted molar refractivity (Wildman–Crippen MR) is 136 cm³/mol. The number of carbonyl (C=O) groups is 1. The summed E-state index contributed by atoms with van der Waals surface area (Å²) in [4.78, 5) is 17.1. The molecule has 1 aliphatic heterocycles. The Bertz CT molecular complexity index is 1330. The zero-order valence-electron chi connectivity index (χ0n) is 18.1. The normalized spacial score (nSPS) is 14.6. The summed E-state index contributed by atoms with van der Waals surface area (Å²) < 4.78 is 1.76. The van der Waals surface area contributed by atoms with Gasteiger partial charge in [0.25, 0.3) is 5.95 Å². The number of halogens is 2. The van der Waals surface area contributed by atoms with Crippen LogP contribution in [0.3, 0.4) is 0 Å². The lowest BCUT2D eigenvalue weighted by molar-refractivity contribution is -0.116. The maximum atomic E-state index is 12.5. The van der Waals surface area contributed by atoms with E-state index < -0.39 is 0 Å². The number of nitrogens with one attached hydrogen (secondary N) is 2. The van der Waals surface area contributed by atoms with Crippen LogP contribution in [0.25, 0.3) is 5.70 Å². The van der Waals surface area contributed by atoms with Crippen molar-refractivity contribution >= 4 is 46.7 Å². The van der Waals surface area contributed by atoms with E-state index in [1.54, 1.807) is 4.68 Å². The fourth-order valence-electron chi connectivity index (χ4n) is 3.83. The van der Waals surface area contributed by atoms with Crippen LogP contribution in [0.5, 0.6) is 0 Å². The molecule has 0 saturated heterocycles. The standard InChI is InChI=1S/C26H21Cl2N5O/c27-20-11-7-18(8-12-20)22-16-23(19-9-13-21(28)14-10-19)33-26(29-22)31-25(32-33)30-24(34)15-6-17-4-2-1-3-5-17/h1-5,7-14,16,23H,6,15H2,(H2,29,30,31,32,34). The molecule has 170 valence electrons. The number of carbonyl (C=O) groups excluding carboxylic acids is 1. The summed E-state index contributed by atoms with van der Waals surface area (Å²) in [5.74, 6) is 0.650. The van der Waals surface area contributed by atoms with Gasteiger partial charge in [-0.2, -0.15) is 4.98 Å². The SMILES string of the molecule is O=C(CCc1ccccc1)Nc1nc2n(n1)C(c1ccc(Cl)cc1)C=C(c1ccc(Cl)cc1)N2. The van der Waals surface area contributed by atoms with Gasteiger partial charge in [-0.1, -0.05) is 77.8 Å². The van der Waals surface area contributed by atoms with E-state index >= 15 is 0 Å². The van der Waals surface area contributed by atoms with Crippen LogP contribution in [0.1, 0.15) is 29.2 Å². The van der Waals surface area contributed by atoms with Gasteiger partial charge in [0.05, 0.1) is 0 Å². The number of allylic oxidation sites excluding steroid dienone is 1. The molecule has 0 radical (unpaired) electrons. The van der Waals surface area contributed by atoms with Gasteiger partial charge < -0.3 is 5.32 Å². The predicted octanol–water partition coefficient (Wildman–Crippen LogP) is 6.21. The summed E-state index contributed by atoms with van der Waals surface area (Å²) in [5.41, 5.74) is 3.94. The second kappa shape index (κ2) is 9.71. The zero-order valence-corrected chi connectivity index (χ0v) is 19.6. The molecule has 5 rings (SSSR count). The molecule has 6 nitrogen and oxygen atoms in total. The molecule has 0 bridgehead atoms. The van der Waals surface area contributed by atoms with E-state index in [1.165, 1.54) is 0 Å². The lowest BCUT2D eigenvalue weighted by Gasteiger charge is -2.24. The van der Waals surface area contributed by atoms with E-state index in [0.29, 0.717) is 28.8 Å². The van der Waals surface area contributed by atoms with Crippen molar-refractivity contribution in [2.75, 3.05) is 10.6 Å². The number of anilines is 2. The molecule has 1 unspecified atom stereocenters. The average molecular weight is 490 g/mol. The minimum absolute atomic E-state index is 0.138. The summed E-state index contributed by atoms with van der Waals surface area (Å²) in [5, 5.41) is 12.1. The Hall–Kier alpha value is -3.61. The molecule has 1 aromatic heterocycles. The van der Waals surface area contributed by atoms with Crippen molar-refractivity contribution in [1.82, 2.24) is 14.8 Å². The Morgan fingerprint density at radius 3 is 2.32 bits per heavy atom. The Morgan fingerprint density at radius 2 is 1.62 bits per heavy atom. The number of rotatable bonds is 6. The van der Waals surface area contributed by atoms with Crippen molar-refractivity contribution in [2.24, 2.45) is 0 Å². The molecular formula is C26H21Cl2N5O. The minimum Gasteiger partial charge on any atom is -0.324 e. The molecule has 2 N–H and O–H groups in total. The highest BCUT2D eigenvalue weighted by Gasteiger charge is 2.26. The number of nitrogens with zero attached hydrogens (tertiary/aromatic N) is 3. The van der Waals surface area contributed by atoms with Gasteiger partial charge in [-0.05, 0) is 53.5 Å². The first-order chi connectivity index (χ1) is 16.5. The monoisotopic (exact) mass is 489 g/mol. The third kappa shape index (κ3) is 4.98. The fourth-order valence-corrected chi connectivity index (χ4v) is 4.08. The van der Waals surface area contributed by atoms with Gasteiger partial charge in [-0.3, -0.25) is 10.1 Å². The zero-order chi connectivity index (χ0) is 23.5. The molecule has 4 aromatic rings. The van der Waals surface area contributed by atoms with Crippen LogP contribution < -0.4 is 10.6 Å². The third-order valence-electron chi connectivity index (χ3n) is 5.57. The van der Waals surface area contributed by atoms with E-state index in [4.69, 9.17) is 23.2 Å². The van der Waals surface area contributed by atoms with Crippen LogP contribution in [-0.2, 0) is 11.2 Å². The molecule has 0 aliphatic carbocycles. The van der Waals surface area contributed by atoms with Crippen LogP contribution in [0.15, 0.2) is 84.9 Å². The number of benzene rings is 3. The molecule has 1 amide bonds. The fraction of sp³-hybridized carbons (Fsp3) is 0.115. The lowest BCUT2D eigenvalue weighted by atomic mass is 10.0. The van der Waals surface area contributed by atoms with Crippen LogP contribution in [0.2, 0.25) is 10.0 Å². The van der Waals surface area contributed by atoms with Crippen molar-refractivity contribution < 1.29 is 4.79 Å². The maximum absolute atomic E-state index is 12.5. The molecular weight excluding hydrogens is 469 g/mol. The summed E-state index contributed by atoms with van der Waals surface area (Å²) >= 11 is 12.2. The van der Waals surface area contributed by atoms with Crippen molar-refractivity contribution in [3.8, 4) is 0 Å². The van der Waals surface area contributed by atoms with Gasteiger partial charge in [0.15, 0.2) is 0 Å². The van der Waals surface area contributed by atoms with Crippen LogP contribution >= 0.6 is 23.2 Å². The number of aromatic nitrogens is 3. The van der Waals surface area contributed by atoms with Crippen molar-refractivity contribution in [1.29, 1.82) is 0 Å². The molecule has 1 aliphatic rings. The highest BCUT2D eigenvalue weighted by molar-refractivity contribution is 6.30. The van der Waals surface area contributed by atoms with Crippen molar-refractivity contribution in [3.63, 3.8) is 0 Å². The number of aryl methyl sites for hydroxylation is 1. The van der Waals surface area contributed by atoms with E-state index in [1.807, 2.05) is 78.9 Å². The van der Waals surface area contributed by atoms with Gasteiger partial charge in [-0.25, -0.2) is 4.68 Å². The molecule has 3 aromatic carbocycles. The summed E-state index contributed by atoms with van der Waals surface area (Å²) in [6, 6.07) is 24.8. The van der Waals surface area contributed by atoms with Crippen molar-refractivity contribution in [2.45, 2.75) is 18.9 Å². The third-order valence-corrected chi connectivity index (χ3v) is 6.07. The summed E-state index contributed by atoms with van der Waals surface area (Å²) in [6.45, 7) is 0. The molecule has 2 heterocycles. The summed E-state index contributed by atoms with van der Waals surface area (Å²) in [7, 11) is 0. The second-order valence-corrected chi connectivity index (χ2v) is 8.82. The molecule has 34 heavy (non-hydrogen) atoms. The molecule has 0 saturated carbocycles. The molecule has 1 atom stereocenters. The average Bonchev–Trinajstić information content (AvgIpc) is 3.26. The Morgan fingerprint density at radius 1 is 0.941 bits per heavy atom. The van der Waals surface area contributed by atoms with E-state index in [9.17, 15) is 4.79 Å². The number of amides is 1. The van der Waals surface area contributed by atoms with Gasteiger partial charge >= 0.3 is 0 Å². The quantitative estimate of drug-likeness (QED) is 0.337. The van der Waals surface area contributed by atoms with Gasteiger partial charge in [0.1, 0.15) is 6.04 Å². The van der Waals surface area contributed by atoms with Crippen LogP contribution in [-0.4, -0.2) is 20.7 Å². The van der Waals surface area contributed by atoms with E-state index in [2.05, 4.69) is 26.8 Å². The number of hydrogen-bond acceptors (Lipinski definition) is 4. The first-order valence-corrected chi connectivity index (χ1v) is 11.6. The first-order valence-electron chi connectivity index (χ1n) is 10.9. The first kappa shape index (κ1) is 22.2. The Kier molecular flexibility index (Phi) is 6.34. The number of fused-ring (bicyclic) bond motifs is 1. The van der Waals surface area contributed by atoms with E-state index in [-0.39, 0.29) is 17.9 Å². The maximum Gasteiger partial charge on any atom is 0.250 e. The Balaban J connectivity index is 1.40. The highest BCUT2D eigenvalue weighted by Crippen LogP contribution is 2.34.